The third-order valence-electron chi connectivity index (χ3n) is 4.26. The molecule has 3 aromatic rings. The second-order valence-corrected chi connectivity index (χ2v) is 6.06. The average Bonchev–Trinajstić information content (AvgIpc) is 3.18. The van der Waals surface area contributed by atoms with Crippen molar-refractivity contribution in [2.75, 3.05) is 5.32 Å². The Balaban J connectivity index is 1.58. The minimum atomic E-state index is -0.300. The number of rotatable bonds is 5. The molecular formula is C21H20N2O3. The molecule has 0 radical (unpaired) electrons. The number of benzene rings is 2. The Morgan fingerprint density at radius 3 is 2.38 bits per heavy atom. The second kappa shape index (κ2) is 7.70. The van der Waals surface area contributed by atoms with E-state index >= 15 is 0 Å². The van der Waals surface area contributed by atoms with Crippen LogP contribution < -0.4 is 10.6 Å². The Morgan fingerprint density at radius 2 is 1.69 bits per heavy atom. The molecular weight excluding hydrogens is 328 g/mol. The molecule has 0 saturated carbocycles. The fraction of sp³-hybridized carbons (Fsp3) is 0.143. The summed E-state index contributed by atoms with van der Waals surface area (Å²) >= 11 is 0. The van der Waals surface area contributed by atoms with E-state index in [2.05, 4.69) is 10.6 Å². The number of furan rings is 1. The molecule has 5 nitrogen and oxygen atoms in total. The SMILES string of the molecule is Cc1cccc(C(=O)NCc2ccc(NC(=O)c3ccco3)cc2)c1C. The number of amides is 2. The largest absolute Gasteiger partial charge is 0.459 e. The quantitative estimate of drug-likeness (QED) is 0.730. The predicted octanol–water partition coefficient (Wildman–Crippen LogP) is 4.08. The van der Waals surface area contributed by atoms with E-state index in [1.165, 1.54) is 6.26 Å². The summed E-state index contributed by atoms with van der Waals surface area (Å²) < 4.78 is 5.06. The summed E-state index contributed by atoms with van der Waals surface area (Å²) in [6.07, 6.45) is 1.45. The fourth-order valence-electron chi connectivity index (χ4n) is 2.58. The molecule has 0 saturated heterocycles. The van der Waals surface area contributed by atoms with E-state index in [1.807, 2.05) is 44.2 Å². The molecule has 1 aromatic heterocycles. The van der Waals surface area contributed by atoms with Gasteiger partial charge in [-0.1, -0.05) is 24.3 Å². The van der Waals surface area contributed by atoms with Crippen molar-refractivity contribution in [2.24, 2.45) is 0 Å². The number of aryl methyl sites for hydroxylation is 1. The van der Waals surface area contributed by atoms with Crippen molar-refractivity contribution in [3.63, 3.8) is 0 Å². The number of carbonyl (C=O) groups is 2. The first kappa shape index (κ1) is 17.5. The summed E-state index contributed by atoms with van der Waals surface area (Å²) in [5.41, 5.74) is 4.37. The molecule has 5 heteroatoms. The summed E-state index contributed by atoms with van der Waals surface area (Å²) in [4.78, 5) is 24.3. The van der Waals surface area contributed by atoms with Gasteiger partial charge in [-0.05, 0) is 60.9 Å². The Kier molecular flexibility index (Phi) is 5.17. The maximum absolute atomic E-state index is 12.4. The van der Waals surface area contributed by atoms with Gasteiger partial charge in [-0.15, -0.1) is 0 Å². The smallest absolute Gasteiger partial charge is 0.291 e. The fourth-order valence-corrected chi connectivity index (χ4v) is 2.58. The number of carbonyl (C=O) groups excluding carboxylic acids is 2. The van der Waals surface area contributed by atoms with Crippen molar-refractivity contribution in [2.45, 2.75) is 20.4 Å². The highest BCUT2D eigenvalue weighted by molar-refractivity contribution is 6.02. The number of hydrogen-bond donors (Lipinski definition) is 2. The Hall–Kier alpha value is -3.34. The first-order valence-corrected chi connectivity index (χ1v) is 8.33. The molecule has 2 aromatic carbocycles. The van der Waals surface area contributed by atoms with Crippen molar-refractivity contribution in [1.29, 1.82) is 0 Å². The molecule has 0 bridgehead atoms. The molecule has 1 heterocycles. The molecule has 0 unspecified atom stereocenters. The predicted molar refractivity (Wildman–Crippen MR) is 100 cm³/mol. The lowest BCUT2D eigenvalue weighted by Crippen LogP contribution is -2.23. The summed E-state index contributed by atoms with van der Waals surface area (Å²) in [6.45, 7) is 4.35. The molecule has 3 rings (SSSR count). The third kappa shape index (κ3) is 4.00. The van der Waals surface area contributed by atoms with Crippen LogP contribution in [0.4, 0.5) is 5.69 Å². The molecule has 0 aliphatic heterocycles. The van der Waals surface area contributed by atoms with Gasteiger partial charge in [0.05, 0.1) is 6.26 Å². The number of anilines is 1. The third-order valence-corrected chi connectivity index (χ3v) is 4.26. The zero-order valence-corrected chi connectivity index (χ0v) is 14.7. The zero-order valence-electron chi connectivity index (χ0n) is 14.7. The molecule has 2 N–H and O–H groups in total. The Labute approximate surface area is 152 Å². The minimum Gasteiger partial charge on any atom is -0.459 e. The van der Waals surface area contributed by atoms with E-state index in [0.717, 1.165) is 16.7 Å². The van der Waals surface area contributed by atoms with Crippen LogP contribution in [0.5, 0.6) is 0 Å². The van der Waals surface area contributed by atoms with Crippen molar-refractivity contribution in [1.82, 2.24) is 5.32 Å². The first-order valence-electron chi connectivity index (χ1n) is 8.33. The summed E-state index contributed by atoms with van der Waals surface area (Å²) in [5.74, 6) is -0.137. The van der Waals surface area contributed by atoms with E-state index < -0.39 is 0 Å². The van der Waals surface area contributed by atoms with Gasteiger partial charge in [0, 0.05) is 17.8 Å². The second-order valence-electron chi connectivity index (χ2n) is 6.06. The van der Waals surface area contributed by atoms with Crippen molar-refractivity contribution in [3.05, 3.63) is 88.9 Å². The van der Waals surface area contributed by atoms with Crippen LogP contribution in [0.1, 0.15) is 37.6 Å². The van der Waals surface area contributed by atoms with Gasteiger partial charge >= 0.3 is 0 Å². The van der Waals surface area contributed by atoms with E-state index in [1.54, 1.807) is 24.3 Å². The van der Waals surface area contributed by atoms with E-state index in [0.29, 0.717) is 17.8 Å². The van der Waals surface area contributed by atoms with Gasteiger partial charge in [0.2, 0.25) is 0 Å². The molecule has 0 spiro atoms. The average molecular weight is 348 g/mol. The van der Waals surface area contributed by atoms with Crippen LogP contribution in [0.3, 0.4) is 0 Å². The maximum Gasteiger partial charge on any atom is 0.291 e. The van der Waals surface area contributed by atoms with Gasteiger partial charge in [0.15, 0.2) is 5.76 Å². The van der Waals surface area contributed by atoms with Crippen LogP contribution >= 0.6 is 0 Å². The molecule has 26 heavy (non-hydrogen) atoms. The van der Waals surface area contributed by atoms with Crippen LogP contribution in [0.2, 0.25) is 0 Å². The lowest BCUT2D eigenvalue weighted by Gasteiger charge is -2.10. The van der Waals surface area contributed by atoms with Gasteiger partial charge in [-0.3, -0.25) is 9.59 Å². The van der Waals surface area contributed by atoms with Gasteiger partial charge in [0.1, 0.15) is 0 Å². The van der Waals surface area contributed by atoms with Crippen LogP contribution in [0.25, 0.3) is 0 Å². The Morgan fingerprint density at radius 1 is 0.923 bits per heavy atom. The van der Waals surface area contributed by atoms with Crippen molar-refractivity contribution in [3.8, 4) is 0 Å². The summed E-state index contributed by atoms with van der Waals surface area (Å²) in [7, 11) is 0. The lowest BCUT2D eigenvalue weighted by molar-refractivity contribution is 0.0949. The van der Waals surface area contributed by atoms with E-state index in [-0.39, 0.29) is 17.6 Å². The Bertz CT molecular complexity index is 913. The highest BCUT2D eigenvalue weighted by atomic mass is 16.3. The standard InChI is InChI=1S/C21H20N2O3/c1-14-5-3-6-18(15(14)2)20(24)22-13-16-8-10-17(11-9-16)23-21(25)19-7-4-12-26-19/h3-12H,13H2,1-2H3,(H,22,24)(H,23,25). The van der Waals surface area contributed by atoms with Gasteiger partial charge < -0.3 is 15.1 Å². The van der Waals surface area contributed by atoms with Crippen molar-refractivity contribution < 1.29 is 14.0 Å². The topological polar surface area (TPSA) is 71.3 Å². The van der Waals surface area contributed by atoms with Gasteiger partial charge in [0.25, 0.3) is 11.8 Å². The van der Waals surface area contributed by atoms with Crippen LogP contribution in [-0.2, 0) is 6.54 Å². The van der Waals surface area contributed by atoms with E-state index in [9.17, 15) is 9.59 Å². The molecule has 2 amide bonds. The van der Waals surface area contributed by atoms with Crippen LogP contribution in [0, 0.1) is 13.8 Å². The lowest BCUT2D eigenvalue weighted by atomic mass is 10.0. The van der Waals surface area contributed by atoms with Crippen LogP contribution in [-0.4, -0.2) is 11.8 Å². The molecule has 132 valence electrons. The van der Waals surface area contributed by atoms with Gasteiger partial charge in [-0.2, -0.15) is 0 Å². The molecule has 0 aliphatic carbocycles. The number of nitrogens with one attached hydrogen (secondary N) is 2. The maximum atomic E-state index is 12.4. The molecule has 0 fully saturated rings. The highest BCUT2D eigenvalue weighted by Gasteiger charge is 2.10. The zero-order chi connectivity index (χ0) is 18.5. The monoisotopic (exact) mass is 348 g/mol. The summed E-state index contributed by atoms with van der Waals surface area (Å²) in [5, 5.41) is 5.68. The summed E-state index contributed by atoms with van der Waals surface area (Å²) in [6, 6.07) is 16.3. The van der Waals surface area contributed by atoms with Gasteiger partial charge in [-0.25, -0.2) is 0 Å². The molecule has 0 aliphatic rings. The minimum absolute atomic E-state index is 0.0959. The van der Waals surface area contributed by atoms with Crippen LogP contribution in [0.15, 0.2) is 65.3 Å². The first-order chi connectivity index (χ1) is 12.5. The van der Waals surface area contributed by atoms with E-state index in [4.69, 9.17) is 4.42 Å². The molecule has 0 atom stereocenters. The normalized spacial score (nSPS) is 10.4. The highest BCUT2D eigenvalue weighted by Crippen LogP contribution is 2.14. The number of hydrogen-bond acceptors (Lipinski definition) is 3. The van der Waals surface area contributed by atoms with Crippen molar-refractivity contribution >= 4 is 17.5 Å².